The van der Waals surface area contributed by atoms with E-state index in [4.69, 9.17) is 9.84 Å². The number of aliphatic carboxylic acids is 1. The van der Waals surface area contributed by atoms with Crippen molar-refractivity contribution in [2.75, 3.05) is 6.61 Å². The molecule has 0 spiro atoms. The average molecular weight is 312 g/mol. The van der Waals surface area contributed by atoms with Gasteiger partial charge in [0, 0.05) is 12.0 Å². The fourth-order valence-electron chi connectivity index (χ4n) is 2.49. The highest BCUT2D eigenvalue weighted by Crippen LogP contribution is 2.31. The third-order valence-electron chi connectivity index (χ3n) is 3.76. The maximum Gasteiger partial charge on any atom is 0.303 e. The number of carboxylic acids is 1. The van der Waals surface area contributed by atoms with Crippen LogP contribution in [0.15, 0.2) is 48.5 Å². The van der Waals surface area contributed by atoms with E-state index in [-0.39, 0.29) is 6.42 Å². The molecule has 2 rings (SSSR count). The second-order valence-corrected chi connectivity index (χ2v) is 5.65. The van der Waals surface area contributed by atoms with Crippen LogP contribution < -0.4 is 4.74 Å². The van der Waals surface area contributed by atoms with Crippen molar-refractivity contribution < 1.29 is 14.6 Å². The molecule has 0 amide bonds. The van der Waals surface area contributed by atoms with Crippen LogP contribution in [-0.4, -0.2) is 17.7 Å². The largest absolute Gasteiger partial charge is 0.493 e. The van der Waals surface area contributed by atoms with Crippen LogP contribution >= 0.6 is 0 Å². The highest BCUT2D eigenvalue weighted by atomic mass is 16.5. The van der Waals surface area contributed by atoms with Gasteiger partial charge in [-0.15, -0.1) is 0 Å². The maximum atomic E-state index is 10.8. The summed E-state index contributed by atoms with van der Waals surface area (Å²) < 4.78 is 5.96. The molecule has 0 saturated carbocycles. The van der Waals surface area contributed by atoms with Crippen molar-refractivity contribution in [2.45, 2.75) is 39.0 Å². The lowest BCUT2D eigenvalue weighted by Gasteiger charge is -2.13. The van der Waals surface area contributed by atoms with Crippen LogP contribution in [0.5, 0.6) is 5.75 Å². The van der Waals surface area contributed by atoms with Gasteiger partial charge in [0.25, 0.3) is 0 Å². The van der Waals surface area contributed by atoms with Gasteiger partial charge < -0.3 is 9.84 Å². The van der Waals surface area contributed by atoms with E-state index < -0.39 is 5.97 Å². The first kappa shape index (κ1) is 17.1. The molecule has 122 valence electrons. The van der Waals surface area contributed by atoms with Crippen LogP contribution in [0.1, 0.15) is 38.2 Å². The van der Waals surface area contributed by atoms with Gasteiger partial charge in [0.05, 0.1) is 6.61 Å². The molecule has 3 heteroatoms. The number of carbonyl (C=O) groups is 1. The lowest BCUT2D eigenvalue weighted by atomic mass is 10.00. The fraction of sp³-hybridized carbons (Fsp3) is 0.350. The van der Waals surface area contributed by atoms with E-state index in [1.54, 1.807) is 0 Å². The minimum absolute atomic E-state index is 0.144. The zero-order chi connectivity index (χ0) is 16.5. The zero-order valence-electron chi connectivity index (χ0n) is 13.6. The van der Waals surface area contributed by atoms with E-state index in [0.29, 0.717) is 13.0 Å². The average Bonchev–Trinajstić information content (AvgIpc) is 2.58. The number of carboxylic acid groups (broad SMARTS) is 1. The lowest BCUT2D eigenvalue weighted by molar-refractivity contribution is -0.136. The van der Waals surface area contributed by atoms with Crippen molar-refractivity contribution in [1.29, 1.82) is 0 Å². The van der Waals surface area contributed by atoms with E-state index in [2.05, 4.69) is 19.1 Å². The molecule has 23 heavy (non-hydrogen) atoms. The highest BCUT2D eigenvalue weighted by Gasteiger charge is 2.09. The molecular weight excluding hydrogens is 288 g/mol. The fourth-order valence-corrected chi connectivity index (χ4v) is 2.49. The molecule has 0 radical (unpaired) electrons. The van der Waals surface area contributed by atoms with Crippen molar-refractivity contribution in [2.24, 2.45) is 0 Å². The van der Waals surface area contributed by atoms with Gasteiger partial charge in [-0.05, 0) is 36.1 Å². The van der Waals surface area contributed by atoms with Gasteiger partial charge in [0.1, 0.15) is 5.75 Å². The predicted molar refractivity (Wildman–Crippen MR) is 92.9 cm³/mol. The topological polar surface area (TPSA) is 46.5 Å². The second kappa shape index (κ2) is 8.99. The van der Waals surface area contributed by atoms with E-state index >= 15 is 0 Å². The maximum absolute atomic E-state index is 10.8. The number of hydrogen-bond acceptors (Lipinski definition) is 2. The number of aryl methyl sites for hydroxylation is 1. The summed E-state index contributed by atoms with van der Waals surface area (Å²) in [6, 6.07) is 16.1. The standard InChI is InChI=1S/C20H24O3/c1-2-3-7-14-23-19-12-10-16(11-13-20(21)22)15-18(19)17-8-5-4-6-9-17/h4-6,8-10,12,15H,2-3,7,11,13-14H2,1H3,(H,21,22). The van der Waals surface area contributed by atoms with Crippen LogP contribution in [0, 0.1) is 0 Å². The minimum Gasteiger partial charge on any atom is -0.493 e. The molecule has 0 heterocycles. The quantitative estimate of drug-likeness (QED) is 0.667. The molecule has 0 bridgehead atoms. The minimum atomic E-state index is -0.772. The number of ether oxygens (including phenoxy) is 1. The number of benzene rings is 2. The van der Waals surface area contributed by atoms with Crippen LogP contribution in [0.4, 0.5) is 0 Å². The molecule has 0 aliphatic rings. The third-order valence-corrected chi connectivity index (χ3v) is 3.76. The Hall–Kier alpha value is -2.29. The normalized spacial score (nSPS) is 10.5. The smallest absolute Gasteiger partial charge is 0.303 e. The van der Waals surface area contributed by atoms with Gasteiger partial charge in [0.2, 0.25) is 0 Å². The van der Waals surface area contributed by atoms with Crippen molar-refractivity contribution in [3.05, 3.63) is 54.1 Å². The van der Waals surface area contributed by atoms with E-state index in [1.165, 1.54) is 6.42 Å². The summed E-state index contributed by atoms with van der Waals surface area (Å²) in [5.41, 5.74) is 3.15. The molecule has 0 atom stereocenters. The predicted octanol–water partition coefficient (Wildman–Crippen LogP) is 4.94. The van der Waals surface area contributed by atoms with E-state index in [1.807, 2.05) is 36.4 Å². The Morgan fingerprint density at radius 1 is 1.09 bits per heavy atom. The highest BCUT2D eigenvalue weighted by molar-refractivity contribution is 5.72. The summed E-state index contributed by atoms with van der Waals surface area (Å²) in [7, 11) is 0. The summed E-state index contributed by atoms with van der Waals surface area (Å²) in [5, 5.41) is 8.86. The molecule has 0 saturated heterocycles. The summed E-state index contributed by atoms with van der Waals surface area (Å²) in [6.07, 6.45) is 4.06. The molecule has 3 nitrogen and oxygen atoms in total. The van der Waals surface area contributed by atoms with Crippen molar-refractivity contribution >= 4 is 5.97 Å². The molecule has 2 aromatic rings. The second-order valence-electron chi connectivity index (χ2n) is 5.65. The summed E-state index contributed by atoms with van der Waals surface area (Å²) in [6.45, 7) is 2.88. The van der Waals surface area contributed by atoms with Gasteiger partial charge in [-0.1, -0.05) is 56.2 Å². The molecule has 1 N–H and O–H groups in total. The first-order chi connectivity index (χ1) is 11.2. The molecular formula is C20H24O3. The first-order valence-corrected chi connectivity index (χ1v) is 8.23. The van der Waals surface area contributed by atoms with Crippen LogP contribution in [-0.2, 0) is 11.2 Å². The molecule has 0 aliphatic carbocycles. The Morgan fingerprint density at radius 3 is 2.57 bits per heavy atom. The Morgan fingerprint density at radius 2 is 1.87 bits per heavy atom. The summed E-state index contributed by atoms with van der Waals surface area (Å²) in [5.74, 6) is 0.0949. The van der Waals surface area contributed by atoms with Crippen LogP contribution in [0.2, 0.25) is 0 Å². The summed E-state index contributed by atoms with van der Waals surface area (Å²) in [4.78, 5) is 10.8. The van der Waals surface area contributed by atoms with E-state index in [0.717, 1.165) is 35.3 Å². The number of hydrogen-bond donors (Lipinski definition) is 1. The first-order valence-electron chi connectivity index (χ1n) is 8.23. The van der Waals surface area contributed by atoms with Crippen molar-refractivity contribution in [1.82, 2.24) is 0 Å². The zero-order valence-corrected chi connectivity index (χ0v) is 13.6. The number of unbranched alkanes of at least 4 members (excludes halogenated alkanes) is 2. The molecule has 0 fully saturated rings. The van der Waals surface area contributed by atoms with Gasteiger partial charge in [-0.2, -0.15) is 0 Å². The van der Waals surface area contributed by atoms with Gasteiger partial charge in [-0.3, -0.25) is 4.79 Å². The van der Waals surface area contributed by atoms with Gasteiger partial charge in [0.15, 0.2) is 0 Å². The lowest BCUT2D eigenvalue weighted by Crippen LogP contribution is -2.01. The van der Waals surface area contributed by atoms with E-state index in [9.17, 15) is 4.79 Å². The Kier molecular flexibility index (Phi) is 6.67. The SMILES string of the molecule is CCCCCOc1ccc(CCC(=O)O)cc1-c1ccccc1. The summed E-state index contributed by atoms with van der Waals surface area (Å²) >= 11 is 0. The molecule has 2 aromatic carbocycles. The Balaban J connectivity index is 2.20. The Labute approximate surface area is 137 Å². The van der Waals surface area contributed by atoms with Crippen molar-refractivity contribution in [3.63, 3.8) is 0 Å². The van der Waals surface area contributed by atoms with Crippen molar-refractivity contribution in [3.8, 4) is 16.9 Å². The Bertz CT molecular complexity index is 620. The number of rotatable bonds is 9. The van der Waals surface area contributed by atoms with Crippen LogP contribution in [0.25, 0.3) is 11.1 Å². The van der Waals surface area contributed by atoms with Gasteiger partial charge >= 0.3 is 5.97 Å². The monoisotopic (exact) mass is 312 g/mol. The van der Waals surface area contributed by atoms with Gasteiger partial charge in [-0.25, -0.2) is 0 Å². The molecule has 0 aliphatic heterocycles. The van der Waals surface area contributed by atoms with Crippen LogP contribution in [0.3, 0.4) is 0 Å². The molecule has 0 unspecified atom stereocenters. The third kappa shape index (κ3) is 5.44. The molecule has 0 aromatic heterocycles.